The molecule has 0 aromatic rings. The van der Waals surface area contributed by atoms with Gasteiger partial charge in [-0.2, -0.15) is 0 Å². The predicted molar refractivity (Wildman–Crippen MR) is 115 cm³/mol. The molecule has 1 unspecified atom stereocenters. The molecule has 2 heterocycles. The molecule has 1 saturated heterocycles. The second-order valence-electron chi connectivity index (χ2n) is 9.84. The van der Waals surface area contributed by atoms with Gasteiger partial charge in [0.05, 0.1) is 17.9 Å². The van der Waals surface area contributed by atoms with Gasteiger partial charge in [0.25, 0.3) is 0 Å². The molecule has 32 heavy (non-hydrogen) atoms. The number of nitro groups is 1. The molecule has 1 spiro atoms. The fraction of sp³-hybridized carbons (Fsp3) is 0.750. The Morgan fingerprint density at radius 2 is 2.00 bits per heavy atom. The number of ketones is 1. The van der Waals surface area contributed by atoms with Gasteiger partial charge in [0, 0.05) is 35.7 Å². The van der Waals surface area contributed by atoms with Gasteiger partial charge in [0.1, 0.15) is 17.5 Å². The lowest BCUT2D eigenvalue weighted by molar-refractivity contribution is -0.492. The molecule has 4 bridgehead atoms. The Bertz CT molecular complexity index is 866. The summed E-state index contributed by atoms with van der Waals surface area (Å²) in [6.45, 7) is 7.45. The van der Waals surface area contributed by atoms with E-state index in [0.717, 1.165) is 5.57 Å². The first-order chi connectivity index (χ1) is 15.1. The first-order valence-corrected chi connectivity index (χ1v) is 11.6. The van der Waals surface area contributed by atoms with Crippen LogP contribution < -0.4 is 0 Å². The summed E-state index contributed by atoms with van der Waals surface area (Å²) >= 11 is 0. The third-order valence-electron chi connectivity index (χ3n) is 8.25. The van der Waals surface area contributed by atoms with Crippen LogP contribution in [0.2, 0.25) is 0 Å². The van der Waals surface area contributed by atoms with Crippen LogP contribution in [0.3, 0.4) is 0 Å². The number of carbonyl (C=O) groups excluding carboxylic acids is 2. The predicted octanol–water partition coefficient (Wildman–Crippen LogP) is 2.98. The Morgan fingerprint density at radius 3 is 2.62 bits per heavy atom. The number of methoxy groups -OCH3 is 1. The topological polar surface area (TPSA) is 105 Å². The van der Waals surface area contributed by atoms with Crippen LogP contribution in [-0.4, -0.2) is 54.2 Å². The number of cyclic esters (lactones) is 1. The highest BCUT2D eigenvalue weighted by molar-refractivity contribution is 5.88. The number of esters is 1. The standard InChI is InChI=1S/C24H33NO7/c1-6-18-12(2)9-13(3)24-15(10-19(30-5)23(27)31-18)7-8-16-20(24)21(26)14(4)17(11-25(28)29)22(16)32-24/h7-9,12,14-20,22H,6,10-11H2,1-5H3/b13-9+/t12-,14?,15-,16-,17-,18-,19+,20+,22-,24+/m1/s1. The summed E-state index contributed by atoms with van der Waals surface area (Å²) < 4.78 is 18.1. The van der Waals surface area contributed by atoms with Crippen molar-refractivity contribution in [2.24, 2.45) is 35.5 Å². The summed E-state index contributed by atoms with van der Waals surface area (Å²) in [5.74, 6) is -2.29. The van der Waals surface area contributed by atoms with Crippen LogP contribution >= 0.6 is 0 Å². The van der Waals surface area contributed by atoms with Crippen LogP contribution in [0.5, 0.6) is 0 Å². The Labute approximate surface area is 188 Å². The van der Waals surface area contributed by atoms with E-state index in [1.807, 2.05) is 32.9 Å². The molecular formula is C24H33NO7. The minimum absolute atomic E-state index is 0.0194. The van der Waals surface area contributed by atoms with Crippen molar-refractivity contribution in [1.82, 2.24) is 0 Å². The number of hydrogen-bond acceptors (Lipinski definition) is 7. The van der Waals surface area contributed by atoms with Gasteiger partial charge in [-0.05, 0) is 25.3 Å². The van der Waals surface area contributed by atoms with E-state index in [9.17, 15) is 19.7 Å². The Balaban J connectivity index is 1.85. The van der Waals surface area contributed by atoms with Crippen LogP contribution in [0.15, 0.2) is 23.8 Å². The average molecular weight is 448 g/mol. The SMILES string of the molecule is CC[C@H]1OC(=O)[C@@H](OC)C[C@H]2C=C[C@H]3[C@H]4O[C@]2(/C(C)=C/[C@H]1C)[C@@H]3C(=O)C(C)[C@H]4C[N+](=O)[O-]. The number of Topliss-reactive ketones (excluding diaryl/α,β-unsaturated/α-hetero) is 1. The highest BCUT2D eigenvalue weighted by atomic mass is 16.6. The van der Waals surface area contributed by atoms with Crippen molar-refractivity contribution in [3.05, 3.63) is 33.9 Å². The van der Waals surface area contributed by atoms with Crippen molar-refractivity contribution in [2.75, 3.05) is 13.7 Å². The third-order valence-corrected chi connectivity index (χ3v) is 8.25. The van der Waals surface area contributed by atoms with Crippen LogP contribution in [0, 0.1) is 45.6 Å². The fourth-order valence-corrected chi connectivity index (χ4v) is 6.61. The van der Waals surface area contributed by atoms with Crippen molar-refractivity contribution in [2.45, 2.75) is 64.4 Å². The van der Waals surface area contributed by atoms with Crippen molar-refractivity contribution in [3.8, 4) is 0 Å². The maximum Gasteiger partial charge on any atom is 0.335 e. The first-order valence-electron chi connectivity index (χ1n) is 11.6. The lowest BCUT2D eigenvalue weighted by atomic mass is 9.56. The minimum atomic E-state index is -0.929. The molecule has 1 saturated carbocycles. The van der Waals surface area contributed by atoms with Crippen molar-refractivity contribution in [3.63, 3.8) is 0 Å². The van der Waals surface area contributed by atoms with Gasteiger partial charge in [-0.25, -0.2) is 4.79 Å². The fourth-order valence-electron chi connectivity index (χ4n) is 6.61. The lowest BCUT2D eigenvalue weighted by Gasteiger charge is -2.45. The van der Waals surface area contributed by atoms with Crippen molar-refractivity contribution in [1.29, 1.82) is 0 Å². The number of rotatable bonds is 4. The van der Waals surface area contributed by atoms with E-state index < -0.39 is 41.5 Å². The second kappa shape index (κ2) is 8.37. The van der Waals surface area contributed by atoms with Crippen LogP contribution in [0.4, 0.5) is 0 Å². The van der Waals surface area contributed by atoms with E-state index in [4.69, 9.17) is 14.2 Å². The third kappa shape index (κ3) is 3.34. The number of ether oxygens (including phenoxy) is 3. The monoisotopic (exact) mass is 447 g/mol. The van der Waals surface area contributed by atoms with Gasteiger partial charge in [0.15, 0.2) is 6.10 Å². The zero-order valence-corrected chi connectivity index (χ0v) is 19.4. The molecule has 8 heteroatoms. The maximum atomic E-state index is 13.7. The molecular weight excluding hydrogens is 414 g/mol. The van der Waals surface area contributed by atoms with Crippen molar-refractivity contribution < 1.29 is 28.7 Å². The zero-order valence-electron chi connectivity index (χ0n) is 19.4. The first kappa shape index (κ1) is 23.1. The quantitative estimate of drug-likeness (QED) is 0.282. The Morgan fingerprint density at radius 1 is 1.28 bits per heavy atom. The summed E-state index contributed by atoms with van der Waals surface area (Å²) in [6.07, 6.45) is 5.55. The summed E-state index contributed by atoms with van der Waals surface area (Å²) in [6, 6.07) is 0. The molecule has 0 amide bonds. The van der Waals surface area contributed by atoms with E-state index in [1.54, 1.807) is 6.92 Å². The molecule has 176 valence electrons. The summed E-state index contributed by atoms with van der Waals surface area (Å²) in [7, 11) is 1.49. The molecule has 0 radical (unpaired) electrons. The molecule has 2 aliphatic heterocycles. The van der Waals surface area contributed by atoms with Crippen molar-refractivity contribution >= 4 is 11.8 Å². The van der Waals surface area contributed by atoms with Gasteiger partial charge in [0.2, 0.25) is 6.54 Å². The second-order valence-corrected chi connectivity index (χ2v) is 9.84. The number of hydrogen-bond donors (Lipinski definition) is 0. The molecule has 0 N–H and O–H groups in total. The number of nitrogens with zero attached hydrogens (tertiary/aromatic N) is 1. The number of carbonyl (C=O) groups is 2. The van der Waals surface area contributed by atoms with Gasteiger partial charge in [-0.3, -0.25) is 14.9 Å². The lowest BCUT2D eigenvalue weighted by Crippen LogP contribution is -2.54. The highest BCUT2D eigenvalue weighted by Crippen LogP contribution is 2.60. The summed E-state index contributed by atoms with van der Waals surface area (Å²) in [5, 5.41) is 11.4. The van der Waals surface area contributed by atoms with E-state index in [2.05, 4.69) is 6.08 Å². The minimum Gasteiger partial charge on any atom is -0.460 e. The van der Waals surface area contributed by atoms with Gasteiger partial charge < -0.3 is 14.2 Å². The zero-order chi connectivity index (χ0) is 23.4. The van der Waals surface area contributed by atoms with Gasteiger partial charge in [-0.1, -0.05) is 39.0 Å². The largest absolute Gasteiger partial charge is 0.460 e. The Kier molecular flexibility index (Phi) is 6.05. The van der Waals surface area contributed by atoms with Crippen LogP contribution in [0.1, 0.15) is 40.5 Å². The van der Waals surface area contributed by atoms with E-state index in [-0.39, 0.29) is 41.1 Å². The summed E-state index contributed by atoms with van der Waals surface area (Å²) in [4.78, 5) is 37.6. The van der Waals surface area contributed by atoms with E-state index >= 15 is 0 Å². The molecule has 4 rings (SSSR count). The van der Waals surface area contributed by atoms with E-state index in [0.29, 0.717) is 12.8 Å². The summed E-state index contributed by atoms with van der Waals surface area (Å²) in [5.41, 5.74) is 0.00672. The average Bonchev–Trinajstić information content (AvgIpc) is 2.94. The smallest absolute Gasteiger partial charge is 0.335 e. The highest BCUT2D eigenvalue weighted by Gasteiger charge is 2.68. The van der Waals surface area contributed by atoms with E-state index in [1.165, 1.54) is 7.11 Å². The molecule has 8 nitrogen and oxygen atoms in total. The molecule has 0 aromatic carbocycles. The van der Waals surface area contributed by atoms with Gasteiger partial charge >= 0.3 is 5.97 Å². The molecule has 4 aliphatic rings. The molecule has 0 aromatic heterocycles. The van der Waals surface area contributed by atoms with Crippen LogP contribution in [-0.2, 0) is 23.8 Å². The molecule has 10 atom stereocenters. The van der Waals surface area contributed by atoms with Crippen LogP contribution in [0.25, 0.3) is 0 Å². The molecule has 2 aliphatic carbocycles. The molecule has 2 fully saturated rings. The Hall–Kier alpha value is -2.06. The normalized spacial score (nSPS) is 47.3. The van der Waals surface area contributed by atoms with Gasteiger partial charge in [-0.15, -0.1) is 0 Å². The maximum absolute atomic E-state index is 13.7.